The Morgan fingerprint density at radius 3 is 2.66 bits per heavy atom. The Kier molecular flexibility index (Phi) is 3.29. The topological polar surface area (TPSA) is 63.6 Å². The first-order chi connectivity index (χ1) is 14.0. The lowest BCUT2D eigenvalue weighted by Crippen LogP contribution is -2.59. The summed E-state index contributed by atoms with van der Waals surface area (Å²) in [5, 5.41) is 0.908. The van der Waals surface area contributed by atoms with Crippen LogP contribution < -0.4 is 10.5 Å². The predicted octanol–water partition coefficient (Wildman–Crippen LogP) is 4.11. The molecule has 1 saturated carbocycles. The van der Waals surface area contributed by atoms with Gasteiger partial charge in [0.1, 0.15) is 5.58 Å². The van der Waals surface area contributed by atoms with Gasteiger partial charge in [-0.3, -0.25) is 4.98 Å². The normalized spacial score (nSPS) is 17.7. The van der Waals surface area contributed by atoms with E-state index < -0.39 is 0 Å². The predicted molar refractivity (Wildman–Crippen MR) is 112 cm³/mol. The van der Waals surface area contributed by atoms with E-state index in [-0.39, 0.29) is 5.63 Å². The minimum atomic E-state index is -0.362. The minimum absolute atomic E-state index is 0.362. The van der Waals surface area contributed by atoms with Crippen LogP contribution in [0, 0.1) is 19.3 Å². The number of imidazole rings is 1. The third kappa shape index (κ3) is 2.51. The molecule has 6 nitrogen and oxygen atoms in total. The van der Waals surface area contributed by atoms with E-state index in [0.717, 1.165) is 41.2 Å². The number of rotatable bonds is 2. The Labute approximate surface area is 167 Å². The van der Waals surface area contributed by atoms with Crippen molar-refractivity contribution in [2.75, 3.05) is 18.0 Å². The Balaban J connectivity index is 1.39. The number of benzene rings is 1. The second-order valence-corrected chi connectivity index (χ2v) is 8.70. The zero-order valence-electron chi connectivity index (χ0n) is 16.6. The lowest BCUT2D eigenvalue weighted by atomic mass is 9.63. The Morgan fingerprint density at radius 1 is 1.07 bits per heavy atom. The zero-order valence-corrected chi connectivity index (χ0v) is 16.6. The monoisotopic (exact) mass is 386 g/mol. The van der Waals surface area contributed by atoms with Crippen molar-refractivity contribution >= 4 is 22.3 Å². The van der Waals surface area contributed by atoms with Crippen molar-refractivity contribution in [3.8, 4) is 11.3 Å². The third-order valence-electron chi connectivity index (χ3n) is 6.55. The van der Waals surface area contributed by atoms with Crippen LogP contribution in [-0.4, -0.2) is 27.5 Å². The molecule has 0 bridgehead atoms. The number of nitrogens with zero attached hydrogens (tertiary/aromatic N) is 4. The van der Waals surface area contributed by atoms with Gasteiger partial charge in [-0.05, 0) is 44.9 Å². The molecular formula is C23H22N4O2. The molecule has 1 spiro atoms. The van der Waals surface area contributed by atoms with Gasteiger partial charge < -0.3 is 13.7 Å². The summed E-state index contributed by atoms with van der Waals surface area (Å²) in [7, 11) is 0. The van der Waals surface area contributed by atoms with Crippen molar-refractivity contribution < 1.29 is 4.42 Å². The van der Waals surface area contributed by atoms with Crippen LogP contribution >= 0.6 is 0 Å². The number of fused-ring (bicyclic) bond motifs is 2. The van der Waals surface area contributed by atoms with Crippen LogP contribution in [0.4, 0.5) is 5.69 Å². The third-order valence-corrected chi connectivity index (χ3v) is 6.55. The van der Waals surface area contributed by atoms with E-state index in [1.165, 1.54) is 19.3 Å². The van der Waals surface area contributed by atoms with E-state index in [1.807, 2.05) is 48.8 Å². The molecule has 0 radical (unpaired) electrons. The molecular weight excluding hydrogens is 364 g/mol. The van der Waals surface area contributed by atoms with Crippen LogP contribution in [0.1, 0.15) is 30.7 Å². The van der Waals surface area contributed by atoms with Crippen LogP contribution in [0.3, 0.4) is 0 Å². The summed E-state index contributed by atoms with van der Waals surface area (Å²) < 4.78 is 7.62. The second-order valence-electron chi connectivity index (χ2n) is 8.70. The van der Waals surface area contributed by atoms with E-state index in [4.69, 9.17) is 4.42 Å². The van der Waals surface area contributed by atoms with Gasteiger partial charge in [0.15, 0.2) is 5.65 Å². The maximum atomic E-state index is 12.7. The Morgan fingerprint density at radius 2 is 1.90 bits per heavy atom. The Bertz CT molecular complexity index is 1340. The van der Waals surface area contributed by atoms with E-state index in [9.17, 15) is 4.79 Å². The summed E-state index contributed by atoms with van der Waals surface area (Å²) in [5.41, 5.74) is 5.55. The van der Waals surface area contributed by atoms with Crippen LogP contribution in [0.5, 0.6) is 0 Å². The van der Waals surface area contributed by atoms with Crippen LogP contribution in [0.25, 0.3) is 27.9 Å². The van der Waals surface area contributed by atoms with Crippen molar-refractivity contribution in [2.45, 2.75) is 33.1 Å². The average molecular weight is 386 g/mol. The van der Waals surface area contributed by atoms with E-state index in [0.29, 0.717) is 22.3 Å². The molecule has 1 aliphatic heterocycles. The molecule has 2 fully saturated rings. The van der Waals surface area contributed by atoms with Crippen molar-refractivity contribution in [3.05, 3.63) is 58.5 Å². The second kappa shape index (κ2) is 5.69. The van der Waals surface area contributed by atoms with Gasteiger partial charge in [-0.2, -0.15) is 0 Å². The van der Waals surface area contributed by atoms with Crippen LogP contribution in [0.15, 0.2) is 45.9 Å². The number of hydrogen-bond donors (Lipinski definition) is 0. The first-order valence-electron chi connectivity index (χ1n) is 10.2. The molecule has 29 heavy (non-hydrogen) atoms. The summed E-state index contributed by atoms with van der Waals surface area (Å²) >= 11 is 0. The molecule has 2 aliphatic rings. The van der Waals surface area contributed by atoms with E-state index in [1.54, 1.807) is 0 Å². The van der Waals surface area contributed by atoms with Gasteiger partial charge in [-0.1, -0.05) is 6.42 Å². The molecule has 0 N–H and O–H groups in total. The number of aromatic nitrogens is 3. The largest absolute Gasteiger partial charge is 0.422 e. The molecule has 3 aromatic heterocycles. The summed E-state index contributed by atoms with van der Waals surface area (Å²) in [6.45, 7) is 6.11. The maximum Gasteiger partial charge on any atom is 0.345 e. The van der Waals surface area contributed by atoms with Gasteiger partial charge in [0.05, 0.1) is 22.6 Å². The fraction of sp³-hybridized carbons (Fsp3) is 0.348. The van der Waals surface area contributed by atoms with Gasteiger partial charge in [0, 0.05) is 48.0 Å². The summed E-state index contributed by atoms with van der Waals surface area (Å²) in [5.74, 6) is 0. The molecule has 1 saturated heterocycles. The van der Waals surface area contributed by atoms with Crippen molar-refractivity contribution in [3.63, 3.8) is 0 Å². The molecule has 0 amide bonds. The smallest absolute Gasteiger partial charge is 0.345 e. The lowest BCUT2D eigenvalue weighted by Gasteiger charge is -2.57. The molecule has 0 unspecified atom stereocenters. The van der Waals surface area contributed by atoms with Crippen LogP contribution in [0.2, 0.25) is 0 Å². The molecule has 6 rings (SSSR count). The van der Waals surface area contributed by atoms with E-state index in [2.05, 4.69) is 20.9 Å². The zero-order chi connectivity index (χ0) is 19.8. The quantitative estimate of drug-likeness (QED) is 0.485. The van der Waals surface area contributed by atoms with Crippen molar-refractivity contribution in [1.82, 2.24) is 14.4 Å². The first-order valence-corrected chi connectivity index (χ1v) is 10.2. The SMILES string of the molecule is Cc1cn2cc(-c3cc4ccc(N5CC6(CCC6)C5)cc4oc3=O)nc2c(C)n1. The summed E-state index contributed by atoms with van der Waals surface area (Å²) in [6, 6.07) is 8.04. The van der Waals surface area contributed by atoms with Gasteiger partial charge in [0.2, 0.25) is 0 Å². The van der Waals surface area contributed by atoms with Gasteiger partial charge in [-0.15, -0.1) is 0 Å². The summed E-state index contributed by atoms with van der Waals surface area (Å²) in [4.78, 5) is 24.2. The fourth-order valence-corrected chi connectivity index (χ4v) is 4.85. The summed E-state index contributed by atoms with van der Waals surface area (Å²) in [6.07, 6.45) is 7.84. The highest BCUT2D eigenvalue weighted by molar-refractivity contribution is 5.84. The first kappa shape index (κ1) is 16.8. The highest BCUT2D eigenvalue weighted by atomic mass is 16.4. The molecule has 0 atom stereocenters. The number of anilines is 1. The van der Waals surface area contributed by atoms with Gasteiger partial charge in [-0.25, -0.2) is 9.78 Å². The Hall–Kier alpha value is -3.15. The highest BCUT2D eigenvalue weighted by Crippen LogP contribution is 2.49. The standard InChI is InChI=1S/C23H22N4O2/c1-14-10-26-11-19(25-21(26)15(2)24-14)18-8-16-4-5-17(9-20(16)29-22(18)28)27-12-23(13-27)6-3-7-23/h4-5,8-11H,3,6-7,12-13H2,1-2H3. The van der Waals surface area contributed by atoms with Crippen molar-refractivity contribution in [1.29, 1.82) is 0 Å². The van der Waals surface area contributed by atoms with Gasteiger partial charge in [0.25, 0.3) is 0 Å². The van der Waals surface area contributed by atoms with Crippen molar-refractivity contribution in [2.24, 2.45) is 5.41 Å². The van der Waals surface area contributed by atoms with Gasteiger partial charge >= 0.3 is 5.63 Å². The fourth-order valence-electron chi connectivity index (χ4n) is 4.85. The number of hydrogen-bond acceptors (Lipinski definition) is 5. The molecule has 1 aliphatic carbocycles. The molecule has 146 valence electrons. The molecule has 1 aromatic carbocycles. The minimum Gasteiger partial charge on any atom is -0.422 e. The van der Waals surface area contributed by atoms with Crippen LogP contribution in [-0.2, 0) is 0 Å². The van der Waals surface area contributed by atoms with E-state index >= 15 is 0 Å². The molecule has 6 heteroatoms. The number of aryl methyl sites for hydroxylation is 2. The average Bonchev–Trinajstić information content (AvgIpc) is 3.02. The lowest BCUT2D eigenvalue weighted by molar-refractivity contribution is 0.0904. The maximum absolute atomic E-state index is 12.7. The molecule has 4 heterocycles. The highest BCUT2D eigenvalue weighted by Gasteiger charge is 2.47. The molecule has 4 aromatic rings.